The molecule has 1 nitrogen and oxygen atoms in total. The Morgan fingerprint density at radius 2 is 1.93 bits per heavy atom. The van der Waals surface area contributed by atoms with Gasteiger partial charge >= 0.3 is 0 Å². The fourth-order valence-electron chi connectivity index (χ4n) is 1.42. The average Bonchev–Trinajstić information content (AvgIpc) is 2.20. The molecule has 1 aromatic heterocycles. The normalized spacial score (nSPS) is 9.47. The van der Waals surface area contributed by atoms with Crippen LogP contribution in [0.5, 0.6) is 0 Å². The molecule has 79 valence electrons. The standard InChI is InChI=1S/C13H12N.Ir/c1-10-5-7-12(8-6-10)13-11(2)4-3-9-14-13;/h3-7,9H,1-2H3;/q-1;. The molecule has 1 radical (unpaired) electrons. The maximum atomic E-state index is 4.35. The molecule has 0 unspecified atom stereocenters. The Morgan fingerprint density at radius 3 is 2.53 bits per heavy atom. The van der Waals surface area contributed by atoms with Crippen molar-refractivity contribution in [2.75, 3.05) is 0 Å². The number of hydrogen-bond acceptors (Lipinski definition) is 1. The maximum Gasteiger partial charge on any atom is 0.0160 e. The van der Waals surface area contributed by atoms with Gasteiger partial charge in [0.25, 0.3) is 0 Å². The predicted molar refractivity (Wildman–Crippen MR) is 58.0 cm³/mol. The summed E-state index contributed by atoms with van der Waals surface area (Å²) in [5, 5.41) is 0. The van der Waals surface area contributed by atoms with Crippen LogP contribution in [-0.4, -0.2) is 4.98 Å². The minimum Gasteiger partial charge on any atom is -0.304 e. The van der Waals surface area contributed by atoms with Crippen molar-refractivity contribution < 1.29 is 20.1 Å². The Hall–Kier alpha value is -0.981. The molecule has 1 aromatic carbocycles. The summed E-state index contributed by atoms with van der Waals surface area (Å²) in [6, 6.07) is 13.4. The molecule has 0 amide bonds. The summed E-state index contributed by atoms with van der Waals surface area (Å²) in [7, 11) is 0. The molecule has 0 aliphatic rings. The molecule has 0 bridgehead atoms. The zero-order chi connectivity index (χ0) is 9.97. The first kappa shape index (κ1) is 12.1. The molecule has 1 heterocycles. The topological polar surface area (TPSA) is 12.9 Å². The Kier molecular flexibility index (Phi) is 4.19. The van der Waals surface area contributed by atoms with Gasteiger partial charge in [0.05, 0.1) is 0 Å². The summed E-state index contributed by atoms with van der Waals surface area (Å²) in [4.78, 5) is 4.35. The van der Waals surface area contributed by atoms with Gasteiger partial charge in [0.1, 0.15) is 0 Å². The van der Waals surface area contributed by atoms with Gasteiger partial charge in [0, 0.05) is 26.3 Å². The number of pyridine rings is 1. The van der Waals surface area contributed by atoms with Gasteiger partial charge in [-0.25, -0.2) is 0 Å². The molecule has 0 N–H and O–H groups in total. The number of hydrogen-bond donors (Lipinski definition) is 0. The molecule has 2 heteroatoms. The number of rotatable bonds is 1. The first-order valence-electron chi connectivity index (χ1n) is 4.68. The third-order valence-electron chi connectivity index (χ3n) is 2.23. The summed E-state index contributed by atoms with van der Waals surface area (Å²) in [6.07, 6.45) is 1.82. The summed E-state index contributed by atoms with van der Waals surface area (Å²) in [5.74, 6) is 0. The van der Waals surface area contributed by atoms with Gasteiger partial charge in [-0.3, -0.25) is 0 Å². The first-order chi connectivity index (χ1) is 6.77. The van der Waals surface area contributed by atoms with Crippen LogP contribution >= 0.6 is 0 Å². The van der Waals surface area contributed by atoms with Crippen molar-refractivity contribution in [1.29, 1.82) is 0 Å². The van der Waals surface area contributed by atoms with E-state index in [2.05, 4.69) is 43.1 Å². The fourth-order valence-corrected chi connectivity index (χ4v) is 1.42. The zero-order valence-electron chi connectivity index (χ0n) is 8.74. The largest absolute Gasteiger partial charge is 0.304 e. The van der Waals surface area contributed by atoms with Crippen molar-refractivity contribution in [2.24, 2.45) is 0 Å². The second-order valence-corrected chi connectivity index (χ2v) is 3.45. The SMILES string of the molecule is Cc1c[c-]c(-c2ncccc2C)cc1.[Ir]. The van der Waals surface area contributed by atoms with Crippen molar-refractivity contribution in [3.05, 3.63) is 53.7 Å². The average molecular weight is 374 g/mol. The van der Waals surface area contributed by atoms with Crippen molar-refractivity contribution >= 4 is 0 Å². The van der Waals surface area contributed by atoms with Crippen LogP contribution in [0.1, 0.15) is 11.1 Å². The van der Waals surface area contributed by atoms with Gasteiger partial charge in [-0.1, -0.05) is 18.6 Å². The minimum atomic E-state index is 0. The van der Waals surface area contributed by atoms with Gasteiger partial charge in [-0.05, 0) is 18.7 Å². The summed E-state index contributed by atoms with van der Waals surface area (Å²) < 4.78 is 0. The Bertz CT molecular complexity index is 435. The molecule has 2 aromatic rings. The number of aromatic nitrogens is 1. The third-order valence-corrected chi connectivity index (χ3v) is 2.23. The van der Waals surface area contributed by atoms with Gasteiger partial charge in [0.2, 0.25) is 0 Å². The maximum absolute atomic E-state index is 4.35. The van der Waals surface area contributed by atoms with Gasteiger partial charge in [-0.2, -0.15) is 0 Å². The minimum absolute atomic E-state index is 0. The molecule has 0 saturated heterocycles. The van der Waals surface area contributed by atoms with E-state index in [0.717, 1.165) is 11.3 Å². The van der Waals surface area contributed by atoms with Crippen LogP contribution in [-0.2, 0) is 20.1 Å². The van der Waals surface area contributed by atoms with Crippen molar-refractivity contribution in [3.8, 4) is 11.3 Å². The van der Waals surface area contributed by atoms with Crippen LogP contribution in [0.2, 0.25) is 0 Å². The monoisotopic (exact) mass is 375 g/mol. The summed E-state index contributed by atoms with van der Waals surface area (Å²) >= 11 is 0. The van der Waals surface area contributed by atoms with E-state index in [9.17, 15) is 0 Å². The van der Waals surface area contributed by atoms with E-state index in [4.69, 9.17) is 0 Å². The van der Waals surface area contributed by atoms with E-state index in [-0.39, 0.29) is 20.1 Å². The predicted octanol–water partition coefficient (Wildman–Crippen LogP) is 3.16. The van der Waals surface area contributed by atoms with Gasteiger partial charge < -0.3 is 4.98 Å². The van der Waals surface area contributed by atoms with Crippen LogP contribution < -0.4 is 0 Å². The first-order valence-corrected chi connectivity index (χ1v) is 4.68. The summed E-state index contributed by atoms with van der Waals surface area (Å²) in [5.41, 5.74) is 4.50. The van der Waals surface area contributed by atoms with Crippen molar-refractivity contribution in [3.63, 3.8) is 0 Å². The molecule has 0 spiro atoms. The van der Waals surface area contributed by atoms with Crippen LogP contribution in [0.4, 0.5) is 0 Å². The van der Waals surface area contributed by atoms with Crippen LogP contribution in [0, 0.1) is 19.9 Å². The summed E-state index contributed by atoms with van der Waals surface area (Å²) in [6.45, 7) is 4.13. The Labute approximate surface area is 104 Å². The van der Waals surface area contributed by atoms with Gasteiger partial charge in [0.15, 0.2) is 0 Å². The van der Waals surface area contributed by atoms with Crippen LogP contribution in [0.15, 0.2) is 36.5 Å². The molecule has 2 rings (SSSR count). The van der Waals surface area contributed by atoms with Crippen LogP contribution in [0.3, 0.4) is 0 Å². The van der Waals surface area contributed by atoms with E-state index >= 15 is 0 Å². The van der Waals surface area contributed by atoms with E-state index in [1.165, 1.54) is 11.1 Å². The van der Waals surface area contributed by atoms with E-state index < -0.39 is 0 Å². The van der Waals surface area contributed by atoms with E-state index in [0.29, 0.717) is 0 Å². The second-order valence-electron chi connectivity index (χ2n) is 3.45. The van der Waals surface area contributed by atoms with Crippen molar-refractivity contribution in [1.82, 2.24) is 4.98 Å². The molecule has 0 aliphatic carbocycles. The number of aryl methyl sites for hydroxylation is 2. The molecular formula is C13H12IrN-. The number of benzene rings is 1. The molecule has 0 fully saturated rings. The van der Waals surface area contributed by atoms with Crippen molar-refractivity contribution in [2.45, 2.75) is 13.8 Å². The van der Waals surface area contributed by atoms with E-state index in [1.807, 2.05) is 18.3 Å². The molecule has 0 saturated carbocycles. The van der Waals surface area contributed by atoms with Gasteiger partial charge in [-0.15, -0.1) is 35.4 Å². The third kappa shape index (κ3) is 2.74. The smallest absolute Gasteiger partial charge is 0.0160 e. The van der Waals surface area contributed by atoms with Crippen LogP contribution in [0.25, 0.3) is 11.3 Å². The molecule has 0 atom stereocenters. The zero-order valence-corrected chi connectivity index (χ0v) is 11.1. The molecule has 0 aliphatic heterocycles. The molecule has 15 heavy (non-hydrogen) atoms. The quantitative estimate of drug-likeness (QED) is 0.699. The van der Waals surface area contributed by atoms with E-state index in [1.54, 1.807) is 0 Å². The fraction of sp³-hybridized carbons (Fsp3) is 0.154. The second kappa shape index (κ2) is 5.20. The Morgan fingerprint density at radius 1 is 1.13 bits per heavy atom. The Balaban J connectivity index is 0.00000112. The molecular weight excluding hydrogens is 362 g/mol. The number of nitrogens with zero attached hydrogens (tertiary/aromatic N) is 1.